The van der Waals surface area contributed by atoms with Crippen LogP contribution >= 0.6 is 0 Å². The molecule has 0 aliphatic heterocycles. The number of fused-ring (bicyclic) bond motifs is 5. The quantitative estimate of drug-likeness (QED) is 0.858. The molecule has 0 amide bonds. The number of hydrogen-bond donors (Lipinski definition) is 1. The molecule has 5 rings (SSSR count). The Kier molecular flexibility index (Phi) is 2.14. The fraction of sp³-hybridized carbons (Fsp3) is 0.562. The number of aromatic nitrogens is 4. The van der Waals surface area contributed by atoms with E-state index in [0.29, 0.717) is 6.04 Å². The monoisotopic (exact) mass is 281 g/mol. The summed E-state index contributed by atoms with van der Waals surface area (Å²) >= 11 is 0. The van der Waals surface area contributed by atoms with Crippen molar-refractivity contribution >= 4 is 5.69 Å². The van der Waals surface area contributed by atoms with Crippen LogP contribution in [0.15, 0.2) is 18.2 Å². The molecular formula is C16H19N5. The first-order valence-electron chi connectivity index (χ1n) is 7.88. The van der Waals surface area contributed by atoms with Gasteiger partial charge in [0.25, 0.3) is 0 Å². The van der Waals surface area contributed by atoms with Crippen LogP contribution in [0.5, 0.6) is 0 Å². The van der Waals surface area contributed by atoms with E-state index < -0.39 is 0 Å². The number of anilines is 1. The number of nitrogens with zero attached hydrogens (tertiary/aromatic N) is 4. The van der Waals surface area contributed by atoms with Crippen LogP contribution in [0.3, 0.4) is 0 Å². The lowest BCUT2D eigenvalue weighted by Crippen LogP contribution is -2.09. The molecule has 1 aromatic heterocycles. The third kappa shape index (κ3) is 1.49. The van der Waals surface area contributed by atoms with Crippen LogP contribution in [0.25, 0.3) is 11.4 Å². The predicted molar refractivity (Wildman–Crippen MR) is 79.3 cm³/mol. The summed E-state index contributed by atoms with van der Waals surface area (Å²) in [4.78, 5) is 0. The molecule has 5 heteroatoms. The van der Waals surface area contributed by atoms with Crippen molar-refractivity contribution in [2.24, 2.45) is 23.7 Å². The van der Waals surface area contributed by atoms with Crippen molar-refractivity contribution in [1.29, 1.82) is 0 Å². The zero-order chi connectivity index (χ0) is 14.1. The Morgan fingerprint density at radius 1 is 1.19 bits per heavy atom. The van der Waals surface area contributed by atoms with Crippen LogP contribution in [-0.4, -0.2) is 20.2 Å². The van der Waals surface area contributed by atoms with Crippen molar-refractivity contribution in [3.05, 3.63) is 23.8 Å². The fourth-order valence-electron chi connectivity index (χ4n) is 5.04. The first kappa shape index (κ1) is 11.7. The van der Waals surface area contributed by atoms with Gasteiger partial charge in [-0.25, -0.2) is 4.68 Å². The molecule has 0 radical (unpaired) electrons. The molecule has 0 spiro atoms. The van der Waals surface area contributed by atoms with Gasteiger partial charge in [-0.2, -0.15) is 0 Å². The summed E-state index contributed by atoms with van der Waals surface area (Å²) in [6, 6.07) is 6.57. The van der Waals surface area contributed by atoms with Crippen LogP contribution in [0.2, 0.25) is 0 Å². The minimum Gasteiger partial charge on any atom is -0.398 e. The summed E-state index contributed by atoms with van der Waals surface area (Å²) < 4.78 is 2.06. The van der Waals surface area contributed by atoms with Gasteiger partial charge in [0, 0.05) is 11.3 Å². The summed E-state index contributed by atoms with van der Waals surface area (Å²) in [5.74, 6) is 4.30. The minimum atomic E-state index is 0.515. The van der Waals surface area contributed by atoms with Crippen LogP contribution in [0.1, 0.15) is 30.9 Å². The number of nitrogens with two attached hydrogens (primary N) is 1. The molecule has 4 unspecified atom stereocenters. The predicted octanol–water partition coefficient (Wildman–Crippen LogP) is 2.45. The molecule has 4 atom stereocenters. The van der Waals surface area contributed by atoms with E-state index in [0.717, 1.165) is 40.7 Å². The lowest BCUT2D eigenvalue weighted by Gasteiger charge is -2.11. The molecule has 3 saturated carbocycles. The number of nitrogen functional groups attached to an aromatic ring is 1. The zero-order valence-corrected chi connectivity index (χ0v) is 12.1. The molecule has 0 saturated heterocycles. The van der Waals surface area contributed by atoms with Gasteiger partial charge in [-0.1, -0.05) is 11.6 Å². The normalized spacial score (nSPS) is 36.0. The number of tetrazole rings is 1. The Morgan fingerprint density at radius 3 is 2.71 bits per heavy atom. The van der Waals surface area contributed by atoms with Crippen LogP contribution < -0.4 is 5.73 Å². The van der Waals surface area contributed by atoms with Gasteiger partial charge in [-0.15, -0.1) is 5.10 Å². The molecular weight excluding hydrogens is 262 g/mol. The highest BCUT2D eigenvalue weighted by atomic mass is 15.6. The summed E-state index contributed by atoms with van der Waals surface area (Å²) in [7, 11) is 0. The van der Waals surface area contributed by atoms with Gasteiger partial charge in [0.2, 0.25) is 0 Å². The molecule has 108 valence electrons. The van der Waals surface area contributed by atoms with Crippen molar-refractivity contribution in [3.63, 3.8) is 0 Å². The maximum absolute atomic E-state index is 6.14. The van der Waals surface area contributed by atoms with Gasteiger partial charge in [-0.05, 0) is 72.4 Å². The topological polar surface area (TPSA) is 69.6 Å². The average Bonchev–Trinajstić information content (AvgIpc) is 2.90. The summed E-state index contributed by atoms with van der Waals surface area (Å²) in [6.07, 6.45) is 4.26. The Hall–Kier alpha value is -1.91. The number of hydrogen-bond acceptors (Lipinski definition) is 4. The molecule has 2 aromatic rings. The van der Waals surface area contributed by atoms with E-state index in [-0.39, 0.29) is 0 Å². The van der Waals surface area contributed by atoms with E-state index in [4.69, 9.17) is 5.73 Å². The second-order valence-corrected chi connectivity index (χ2v) is 7.02. The highest BCUT2D eigenvalue weighted by molar-refractivity contribution is 5.72. The van der Waals surface area contributed by atoms with E-state index in [2.05, 4.69) is 33.2 Å². The lowest BCUT2D eigenvalue weighted by atomic mass is 10.0. The number of rotatable bonds is 2. The molecule has 3 aliphatic carbocycles. The van der Waals surface area contributed by atoms with Crippen LogP contribution in [0.4, 0.5) is 5.69 Å². The van der Waals surface area contributed by atoms with Gasteiger partial charge in [0.1, 0.15) is 0 Å². The van der Waals surface area contributed by atoms with Crippen molar-refractivity contribution in [3.8, 4) is 11.4 Å². The number of aryl methyl sites for hydroxylation is 1. The lowest BCUT2D eigenvalue weighted by molar-refractivity contribution is 0.427. The van der Waals surface area contributed by atoms with Gasteiger partial charge in [0.15, 0.2) is 5.82 Å². The van der Waals surface area contributed by atoms with E-state index in [1.54, 1.807) is 0 Å². The Labute approximate surface area is 123 Å². The first-order valence-corrected chi connectivity index (χ1v) is 7.88. The van der Waals surface area contributed by atoms with Crippen molar-refractivity contribution < 1.29 is 0 Å². The van der Waals surface area contributed by atoms with Gasteiger partial charge in [0.05, 0.1) is 6.04 Å². The molecule has 2 bridgehead atoms. The molecule has 21 heavy (non-hydrogen) atoms. The molecule has 3 fully saturated rings. The van der Waals surface area contributed by atoms with Gasteiger partial charge < -0.3 is 5.73 Å². The van der Waals surface area contributed by atoms with Crippen molar-refractivity contribution in [1.82, 2.24) is 20.2 Å². The maximum atomic E-state index is 6.14. The van der Waals surface area contributed by atoms with E-state index in [1.165, 1.54) is 24.8 Å². The zero-order valence-electron chi connectivity index (χ0n) is 12.1. The average molecular weight is 281 g/mol. The van der Waals surface area contributed by atoms with Crippen LogP contribution in [0, 0.1) is 30.6 Å². The third-order valence-corrected chi connectivity index (χ3v) is 5.92. The van der Waals surface area contributed by atoms with E-state index in [9.17, 15) is 0 Å². The molecule has 1 heterocycles. The third-order valence-electron chi connectivity index (χ3n) is 5.92. The minimum absolute atomic E-state index is 0.515. The summed E-state index contributed by atoms with van der Waals surface area (Å²) in [5.41, 5.74) is 9.05. The molecule has 3 aliphatic rings. The molecule has 5 nitrogen and oxygen atoms in total. The summed E-state index contributed by atoms with van der Waals surface area (Å²) in [6.45, 7) is 2.07. The molecule has 1 aromatic carbocycles. The van der Waals surface area contributed by atoms with Gasteiger partial charge in [-0.3, -0.25) is 0 Å². The standard InChI is InChI=1S/C16H19N5/c1-8-2-5-12(17)11(6-8)16-18-19-20-21(16)15-13-9-3-4-10(7-9)14(13)15/h2,5-6,9-10,13-15H,3-4,7,17H2,1H3. The highest BCUT2D eigenvalue weighted by Crippen LogP contribution is 2.71. The van der Waals surface area contributed by atoms with E-state index >= 15 is 0 Å². The van der Waals surface area contributed by atoms with Gasteiger partial charge >= 0.3 is 0 Å². The molecule has 2 N–H and O–H groups in total. The van der Waals surface area contributed by atoms with Crippen LogP contribution in [-0.2, 0) is 0 Å². The van der Waals surface area contributed by atoms with E-state index in [1.807, 2.05) is 12.1 Å². The SMILES string of the molecule is Cc1ccc(N)c(-c2nnnn2C2C3C4CCC(C4)C32)c1. The maximum Gasteiger partial charge on any atom is 0.184 e. The fourth-order valence-corrected chi connectivity index (χ4v) is 5.04. The Bertz CT molecular complexity index is 705. The first-order chi connectivity index (χ1) is 10.2. The summed E-state index contributed by atoms with van der Waals surface area (Å²) in [5, 5.41) is 12.5. The second-order valence-electron chi connectivity index (χ2n) is 7.02. The second kappa shape index (κ2) is 3.84. The van der Waals surface area contributed by atoms with Crippen molar-refractivity contribution in [2.75, 3.05) is 5.73 Å². The van der Waals surface area contributed by atoms with Crippen molar-refractivity contribution in [2.45, 2.75) is 32.2 Å². The Balaban J connectivity index is 1.56. The highest BCUT2D eigenvalue weighted by Gasteiger charge is 2.66. The Morgan fingerprint density at radius 2 is 1.95 bits per heavy atom. The largest absolute Gasteiger partial charge is 0.398 e. The number of benzene rings is 1. The smallest absolute Gasteiger partial charge is 0.184 e.